The lowest BCUT2D eigenvalue weighted by Crippen LogP contribution is -2.34. The van der Waals surface area contributed by atoms with E-state index in [1.807, 2.05) is 6.92 Å². The second kappa shape index (κ2) is 4.91. The third kappa shape index (κ3) is 2.13. The largest absolute Gasteiger partial charge is 0.466 e. The van der Waals surface area contributed by atoms with Gasteiger partial charge in [-0.25, -0.2) is 4.79 Å². The van der Waals surface area contributed by atoms with E-state index in [-0.39, 0.29) is 11.4 Å². The molecule has 2 aliphatic carbocycles. The van der Waals surface area contributed by atoms with Crippen molar-refractivity contribution in [2.75, 3.05) is 7.11 Å². The molecule has 0 aliphatic heterocycles. The van der Waals surface area contributed by atoms with Crippen LogP contribution in [-0.4, -0.2) is 13.1 Å². The highest BCUT2D eigenvalue weighted by atomic mass is 16.5. The van der Waals surface area contributed by atoms with Gasteiger partial charge in [0.05, 0.1) is 7.11 Å². The first-order chi connectivity index (χ1) is 8.49. The van der Waals surface area contributed by atoms with Crippen molar-refractivity contribution in [3.05, 3.63) is 22.8 Å². The van der Waals surface area contributed by atoms with E-state index in [4.69, 9.17) is 4.74 Å². The minimum absolute atomic E-state index is 0.163. The Balaban J connectivity index is 2.30. The number of fused-ring (bicyclic) bond motifs is 1. The maximum absolute atomic E-state index is 11.7. The van der Waals surface area contributed by atoms with Crippen molar-refractivity contribution < 1.29 is 9.53 Å². The molecular formula is C16H24O2. The molecule has 2 nitrogen and oxygen atoms in total. The molecule has 18 heavy (non-hydrogen) atoms. The predicted molar refractivity (Wildman–Crippen MR) is 73.2 cm³/mol. The van der Waals surface area contributed by atoms with Crippen LogP contribution in [0.15, 0.2) is 22.8 Å². The van der Waals surface area contributed by atoms with Crippen LogP contribution in [0.5, 0.6) is 0 Å². The average Bonchev–Trinajstić information content (AvgIpc) is 2.37. The number of carbonyl (C=O) groups excluding carboxylic acids is 1. The highest BCUT2D eigenvalue weighted by Gasteiger charge is 2.40. The second-order valence-corrected chi connectivity index (χ2v) is 6.02. The van der Waals surface area contributed by atoms with Gasteiger partial charge in [0.1, 0.15) is 0 Å². The zero-order valence-electron chi connectivity index (χ0n) is 12.0. The lowest BCUT2D eigenvalue weighted by Gasteiger charge is -2.45. The molecule has 0 radical (unpaired) electrons. The van der Waals surface area contributed by atoms with Crippen LogP contribution in [0.4, 0.5) is 0 Å². The molecule has 1 saturated carbocycles. The van der Waals surface area contributed by atoms with Crippen LogP contribution in [0.3, 0.4) is 0 Å². The van der Waals surface area contributed by atoms with E-state index in [9.17, 15) is 4.79 Å². The number of ether oxygens (including phenoxy) is 1. The van der Waals surface area contributed by atoms with Gasteiger partial charge >= 0.3 is 5.97 Å². The van der Waals surface area contributed by atoms with Crippen molar-refractivity contribution in [3.8, 4) is 0 Å². The summed E-state index contributed by atoms with van der Waals surface area (Å²) in [6.45, 7) is 6.63. The third-order valence-corrected chi connectivity index (χ3v) is 5.11. The van der Waals surface area contributed by atoms with Crippen LogP contribution < -0.4 is 0 Å². The number of allylic oxidation sites excluding steroid dienone is 3. The molecular weight excluding hydrogens is 224 g/mol. The van der Waals surface area contributed by atoms with Crippen LogP contribution in [0, 0.1) is 11.3 Å². The lowest BCUT2D eigenvalue weighted by molar-refractivity contribution is -0.136. The number of carbonyl (C=O) groups is 1. The Bertz CT molecular complexity index is 417. The van der Waals surface area contributed by atoms with Crippen LogP contribution >= 0.6 is 0 Å². The van der Waals surface area contributed by atoms with Crippen LogP contribution in [-0.2, 0) is 9.53 Å². The summed E-state index contributed by atoms with van der Waals surface area (Å²) in [5.41, 5.74) is 4.01. The minimum atomic E-state index is -0.163. The van der Waals surface area contributed by atoms with E-state index in [2.05, 4.69) is 19.9 Å². The number of esters is 1. The molecule has 0 saturated heterocycles. The van der Waals surface area contributed by atoms with E-state index < -0.39 is 0 Å². The van der Waals surface area contributed by atoms with Crippen LogP contribution in [0.2, 0.25) is 0 Å². The van der Waals surface area contributed by atoms with E-state index >= 15 is 0 Å². The Morgan fingerprint density at radius 2 is 2.17 bits per heavy atom. The zero-order chi connectivity index (χ0) is 13.3. The van der Waals surface area contributed by atoms with Crippen molar-refractivity contribution in [1.29, 1.82) is 0 Å². The summed E-state index contributed by atoms with van der Waals surface area (Å²) in [6.07, 6.45) is 8.09. The van der Waals surface area contributed by atoms with Gasteiger partial charge in [-0.1, -0.05) is 31.1 Å². The van der Waals surface area contributed by atoms with Gasteiger partial charge in [-0.05, 0) is 50.4 Å². The fourth-order valence-electron chi connectivity index (χ4n) is 3.49. The highest BCUT2D eigenvalue weighted by Crippen LogP contribution is 2.52. The summed E-state index contributed by atoms with van der Waals surface area (Å²) >= 11 is 0. The van der Waals surface area contributed by atoms with Crippen molar-refractivity contribution in [1.82, 2.24) is 0 Å². The minimum Gasteiger partial charge on any atom is -0.466 e. The molecule has 2 heteroatoms. The molecule has 100 valence electrons. The Morgan fingerprint density at radius 3 is 2.83 bits per heavy atom. The fourth-order valence-corrected chi connectivity index (χ4v) is 3.49. The predicted octanol–water partition coefficient (Wildman–Crippen LogP) is 4.02. The standard InChI is InChI=1S/C16H24O2/c1-11-6-5-7-14-9-8-13(10-16(11,14)3)12(2)15(17)18-4/h7,11H,5-6,8-10H2,1-4H3/b13-12+/t11-,16+/m0/s1. The van der Waals surface area contributed by atoms with Crippen molar-refractivity contribution >= 4 is 5.97 Å². The average molecular weight is 248 g/mol. The SMILES string of the molecule is COC(=O)/C(C)=C1\CCC2=CCC[C@H](C)[C@@]2(C)C1. The molecule has 2 atom stereocenters. The Labute approximate surface area is 110 Å². The molecule has 0 unspecified atom stereocenters. The van der Waals surface area contributed by atoms with E-state index in [0.29, 0.717) is 5.92 Å². The third-order valence-electron chi connectivity index (χ3n) is 5.11. The first kappa shape index (κ1) is 13.4. The molecule has 0 aromatic rings. The van der Waals surface area contributed by atoms with Gasteiger partial charge in [0.25, 0.3) is 0 Å². The second-order valence-electron chi connectivity index (χ2n) is 6.02. The molecule has 0 heterocycles. The monoisotopic (exact) mass is 248 g/mol. The van der Waals surface area contributed by atoms with E-state index in [1.165, 1.54) is 25.5 Å². The Kier molecular flexibility index (Phi) is 3.65. The number of hydrogen-bond donors (Lipinski definition) is 0. The topological polar surface area (TPSA) is 26.3 Å². The Hall–Kier alpha value is -1.05. The van der Waals surface area contributed by atoms with Gasteiger partial charge in [0.2, 0.25) is 0 Å². The summed E-state index contributed by atoms with van der Waals surface area (Å²) in [7, 11) is 1.46. The summed E-state index contributed by atoms with van der Waals surface area (Å²) in [6, 6.07) is 0. The normalized spacial score (nSPS) is 34.4. The number of methoxy groups -OCH3 is 1. The first-order valence-corrected chi connectivity index (χ1v) is 6.95. The van der Waals surface area contributed by atoms with Gasteiger partial charge in [0, 0.05) is 5.57 Å². The number of hydrogen-bond acceptors (Lipinski definition) is 2. The van der Waals surface area contributed by atoms with Gasteiger partial charge in [-0.2, -0.15) is 0 Å². The molecule has 0 amide bonds. The quantitative estimate of drug-likeness (QED) is 0.398. The van der Waals surface area contributed by atoms with Crippen molar-refractivity contribution in [2.45, 2.75) is 52.9 Å². The summed E-state index contributed by atoms with van der Waals surface area (Å²) < 4.78 is 4.85. The molecule has 0 aromatic carbocycles. The van der Waals surface area contributed by atoms with Gasteiger partial charge < -0.3 is 4.74 Å². The van der Waals surface area contributed by atoms with Crippen LogP contribution in [0.25, 0.3) is 0 Å². The summed E-state index contributed by atoms with van der Waals surface area (Å²) in [5.74, 6) is 0.544. The fraction of sp³-hybridized carbons (Fsp3) is 0.688. The van der Waals surface area contributed by atoms with Gasteiger partial charge in [0.15, 0.2) is 0 Å². The maximum atomic E-state index is 11.7. The van der Waals surface area contributed by atoms with Gasteiger partial charge in [-0.15, -0.1) is 0 Å². The molecule has 0 spiro atoms. The Morgan fingerprint density at radius 1 is 1.44 bits per heavy atom. The maximum Gasteiger partial charge on any atom is 0.333 e. The number of rotatable bonds is 1. The van der Waals surface area contributed by atoms with Gasteiger partial charge in [-0.3, -0.25) is 0 Å². The summed E-state index contributed by atoms with van der Waals surface area (Å²) in [5, 5.41) is 0. The lowest BCUT2D eigenvalue weighted by atomic mass is 9.59. The molecule has 0 aromatic heterocycles. The van der Waals surface area contributed by atoms with Crippen molar-refractivity contribution in [3.63, 3.8) is 0 Å². The molecule has 0 N–H and O–H groups in total. The van der Waals surface area contributed by atoms with E-state index in [0.717, 1.165) is 24.8 Å². The zero-order valence-corrected chi connectivity index (χ0v) is 12.0. The van der Waals surface area contributed by atoms with Crippen LogP contribution in [0.1, 0.15) is 52.9 Å². The van der Waals surface area contributed by atoms with E-state index in [1.54, 1.807) is 5.57 Å². The van der Waals surface area contributed by atoms with Crippen molar-refractivity contribution in [2.24, 2.45) is 11.3 Å². The highest BCUT2D eigenvalue weighted by molar-refractivity contribution is 5.88. The summed E-state index contributed by atoms with van der Waals surface area (Å²) in [4.78, 5) is 11.7. The molecule has 0 bridgehead atoms. The molecule has 1 fully saturated rings. The molecule has 2 rings (SSSR count). The molecule has 2 aliphatic rings. The smallest absolute Gasteiger partial charge is 0.333 e. The first-order valence-electron chi connectivity index (χ1n) is 6.95.